The Labute approximate surface area is 216 Å². The number of rotatable bonds is 19. The first kappa shape index (κ1) is 33.1. The van der Waals surface area contributed by atoms with Crippen LogP contribution in [0.1, 0.15) is 123 Å². The number of unbranched alkanes of at least 4 members (excludes halogenated alkanes) is 15. The molecule has 1 aliphatic heterocycles. The Morgan fingerprint density at radius 3 is 1.28 bits per heavy atom. The molecule has 0 aromatic carbocycles. The Bertz CT molecular complexity index is 392. The summed E-state index contributed by atoms with van der Waals surface area (Å²) >= 11 is -0.472. The van der Waals surface area contributed by atoms with Crippen LogP contribution >= 0.6 is 18.8 Å². The number of hydrogen-bond acceptors (Lipinski definition) is 4. The summed E-state index contributed by atoms with van der Waals surface area (Å²) in [5.41, 5.74) is 11.5. The van der Waals surface area contributed by atoms with Gasteiger partial charge in [-0.2, -0.15) is 0 Å². The first-order valence-electron chi connectivity index (χ1n) is 13.0. The van der Waals surface area contributed by atoms with Crippen LogP contribution in [0.25, 0.3) is 0 Å². The molecule has 198 valence electrons. The molecule has 1 heterocycles. The molecule has 4 N–H and O–H groups in total. The molecule has 0 spiro atoms. The molecule has 1 rings (SSSR count). The van der Waals surface area contributed by atoms with Crippen molar-refractivity contribution in [2.24, 2.45) is 16.9 Å². The molecule has 1 fully saturated rings. The summed E-state index contributed by atoms with van der Waals surface area (Å²) in [7, 11) is 9.75. The molecular weight excluding hydrogens is 626 g/mol. The third kappa shape index (κ3) is 17.5. The van der Waals surface area contributed by atoms with Gasteiger partial charge in [0.05, 0.1) is 13.2 Å². The van der Waals surface area contributed by atoms with Crippen molar-refractivity contribution in [3.05, 3.63) is 0 Å². The summed E-state index contributed by atoms with van der Waals surface area (Å²) in [5.74, 6) is -0.441. The average Bonchev–Trinajstić information content (AvgIpc) is 2.80. The summed E-state index contributed by atoms with van der Waals surface area (Å²) in [6, 6.07) is 0. The van der Waals surface area contributed by atoms with Crippen LogP contribution in [-0.2, 0) is 26.0 Å². The zero-order valence-electron chi connectivity index (χ0n) is 20.9. The molecule has 1 aliphatic rings. The zero-order valence-corrected chi connectivity index (χ0v) is 24.7. The number of nitrogens with two attached hydrogens (primary N) is 2. The monoisotopic (exact) mass is 677 g/mol. The van der Waals surface area contributed by atoms with Crippen molar-refractivity contribution in [1.82, 2.24) is 0 Å². The molecule has 32 heavy (non-hydrogen) atoms. The van der Waals surface area contributed by atoms with Crippen molar-refractivity contribution >= 4 is 18.8 Å². The second-order valence-corrected chi connectivity index (χ2v) is 13.0. The predicted molar refractivity (Wildman–Crippen MR) is 137 cm³/mol. The first-order valence-corrected chi connectivity index (χ1v) is 18.6. The van der Waals surface area contributed by atoms with E-state index in [1.807, 2.05) is 0 Å². The molecule has 0 aliphatic carbocycles. The molecule has 0 aromatic heterocycles. The fourth-order valence-corrected chi connectivity index (χ4v) is 4.15. The number of ether oxygens (including phenoxy) is 2. The van der Waals surface area contributed by atoms with Gasteiger partial charge in [0.2, 0.25) is 0 Å². The minimum absolute atomic E-state index is 0.186. The molecule has 0 atom stereocenters. The zero-order chi connectivity index (χ0) is 24.0. The normalized spacial score (nSPS) is 17.2. The summed E-state index contributed by atoms with van der Waals surface area (Å²) in [6.07, 6.45) is 23.3. The van der Waals surface area contributed by atoms with Crippen molar-refractivity contribution < 1.29 is 26.0 Å². The van der Waals surface area contributed by atoms with Gasteiger partial charge in [-0.3, -0.25) is 0 Å². The van der Waals surface area contributed by atoms with Crippen molar-refractivity contribution in [3.8, 4) is 0 Å². The molecule has 0 radical (unpaired) electrons. The van der Waals surface area contributed by atoms with Gasteiger partial charge in [0.15, 0.2) is 5.79 Å². The first-order chi connectivity index (χ1) is 15.5. The summed E-state index contributed by atoms with van der Waals surface area (Å²) in [4.78, 5) is 0. The van der Waals surface area contributed by atoms with Crippen molar-refractivity contribution in [1.29, 1.82) is 0 Å². The van der Waals surface area contributed by atoms with Gasteiger partial charge in [-0.1, -0.05) is 103 Å². The Balaban J connectivity index is 0.00000302. The van der Waals surface area contributed by atoms with Crippen LogP contribution in [0.15, 0.2) is 0 Å². The topological polar surface area (TPSA) is 70.5 Å². The summed E-state index contributed by atoms with van der Waals surface area (Å²) in [5, 5.41) is 0. The number of halogens is 2. The van der Waals surface area contributed by atoms with Crippen LogP contribution in [0.5, 0.6) is 0 Å². The Morgan fingerprint density at radius 2 is 0.969 bits per heavy atom. The fraction of sp³-hybridized carbons (Fsp3) is 1.00. The van der Waals surface area contributed by atoms with E-state index in [2.05, 4.69) is 13.8 Å². The second kappa shape index (κ2) is 22.6. The van der Waals surface area contributed by atoms with Crippen LogP contribution in [-0.4, -0.2) is 32.1 Å². The van der Waals surface area contributed by atoms with Crippen LogP contribution < -0.4 is 11.5 Å². The molecule has 0 bridgehead atoms. The standard InChI is InChI=1S/C25H52N2O2.2ClH.Pt/c1-3-4-5-6-7-8-9-10-11-12-13-14-15-16-17-18-19-24(2)28-22-25(20-26,21-27)23-29-24;;;/h3-23,26-27H2,1-2H3;2*1H;/q;;;+2/p-2. The predicted octanol–water partition coefficient (Wildman–Crippen LogP) is 7.68. The van der Waals surface area contributed by atoms with Gasteiger partial charge in [0.1, 0.15) is 0 Å². The van der Waals surface area contributed by atoms with E-state index >= 15 is 0 Å². The van der Waals surface area contributed by atoms with Gasteiger partial charge in [0, 0.05) is 24.9 Å². The minimum atomic E-state index is -0.472. The van der Waals surface area contributed by atoms with E-state index in [0.717, 1.165) is 6.42 Å². The van der Waals surface area contributed by atoms with E-state index in [9.17, 15) is 0 Å². The third-order valence-electron chi connectivity index (χ3n) is 6.72. The van der Waals surface area contributed by atoms with Gasteiger partial charge in [-0.15, -0.1) is 0 Å². The van der Waals surface area contributed by atoms with Crippen LogP contribution in [0.4, 0.5) is 0 Å². The molecule has 0 amide bonds. The van der Waals surface area contributed by atoms with Gasteiger partial charge in [-0.05, 0) is 13.3 Å². The van der Waals surface area contributed by atoms with Crippen LogP contribution in [0.2, 0.25) is 0 Å². The van der Waals surface area contributed by atoms with Gasteiger partial charge < -0.3 is 20.9 Å². The maximum atomic E-state index is 6.01. The van der Waals surface area contributed by atoms with Crippen LogP contribution in [0.3, 0.4) is 0 Å². The van der Waals surface area contributed by atoms with Gasteiger partial charge >= 0.3 is 35.3 Å². The van der Waals surface area contributed by atoms with E-state index in [1.165, 1.54) is 103 Å². The van der Waals surface area contributed by atoms with Gasteiger partial charge in [0.25, 0.3) is 0 Å². The average molecular weight is 679 g/mol. The number of hydrogen-bond donors (Lipinski definition) is 2. The fourth-order valence-electron chi connectivity index (χ4n) is 4.15. The van der Waals surface area contributed by atoms with Crippen molar-refractivity contribution in [2.75, 3.05) is 26.3 Å². The van der Waals surface area contributed by atoms with E-state index in [-0.39, 0.29) is 5.41 Å². The van der Waals surface area contributed by atoms with Crippen molar-refractivity contribution in [2.45, 2.75) is 129 Å². The molecule has 1 saturated heterocycles. The molecular formula is C25H52Cl2N2O2Pt. The van der Waals surface area contributed by atoms with E-state index < -0.39 is 22.3 Å². The molecule has 0 aromatic rings. The summed E-state index contributed by atoms with van der Waals surface area (Å²) in [6.45, 7) is 6.65. The summed E-state index contributed by atoms with van der Waals surface area (Å²) < 4.78 is 12.0. The van der Waals surface area contributed by atoms with Crippen molar-refractivity contribution in [3.63, 3.8) is 0 Å². The second-order valence-electron chi connectivity index (χ2n) is 9.72. The Morgan fingerprint density at radius 1 is 0.656 bits per heavy atom. The van der Waals surface area contributed by atoms with E-state index in [1.54, 1.807) is 0 Å². The Hall–Kier alpha value is 1.11. The van der Waals surface area contributed by atoms with E-state index in [0.29, 0.717) is 26.3 Å². The molecule has 7 heteroatoms. The Kier molecular flexibility index (Phi) is 23.3. The van der Waals surface area contributed by atoms with E-state index in [4.69, 9.17) is 39.8 Å². The molecule has 0 unspecified atom stereocenters. The maximum absolute atomic E-state index is 6.01. The third-order valence-corrected chi connectivity index (χ3v) is 6.72. The quantitative estimate of drug-likeness (QED) is 0.138. The van der Waals surface area contributed by atoms with Gasteiger partial charge in [-0.25, -0.2) is 0 Å². The molecule has 4 nitrogen and oxygen atoms in total. The molecule has 0 saturated carbocycles. The van der Waals surface area contributed by atoms with Crippen LogP contribution in [0, 0.1) is 5.41 Å². The SMILES string of the molecule is CCCCCCCCCCCCCCCCCCC1(C)OCC(CN)(CN)CO1.[Cl][Pt][Cl].